The molecule has 0 saturated carbocycles. The van der Waals surface area contributed by atoms with Crippen molar-refractivity contribution in [2.24, 2.45) is 5.92 Å². The highest BCUT2D eigenvalue weighted by molar-refractivity contribution is 6.04. The van der Waals surface area contributed by atoms with E-state index in [1.807, 2.05) is 6.92 Å². The van der Waals surface area contributed by atoms with Crippen LogP contribution in [-0.4, -0.2) is 76.9 Å². The topological polar surface area (TPSA) is 149 Å². The minimum atomic E-state index is -0.622. The average molecular weight is 583 g/mol. The van der Waals surface area contributed by atoms with Crippen molar-refractivity contribution < 1.29 is 33.1 Å². The molecule has 1 aromatic heterocycles. The summed E-state index contributed by atoms with van der Waals surface area (Å²) in [6, 6.07) is 8.68. The molecular formula is C29H35FN6O6. The van der Waals surface area contributed by atoms with Gasteiger partial charge >= 0.3 is 12.1 Å². The highest BCUT2D eigenvalue weighted by Gasteiger charge is 2.35. The second kappa shape index (κ2) is 12.9. The van der Waals surface area contributed by atoms with Crippen molar-refractivity contribution in [2.75, 3.05) is 42.7 Å². The van der Waals surface area contributed by atoms with Gasteiger partial charge in [-0.3, -0.25) is 4.79 Å². The van der Waals surface area contributed by atoms with E-state index in [4.69, 9.17) is 9.26 Å². The molecule has 0 radical (unpaired) electrons. The third-order valence-electron chi connectivity index (χ3n) is 7.11. The number of carbonyl (C=O) groups is 3. The summed E-state index contributed by atoms with van der Waals surface area (Å²) in [5, 5.41) is 21.9. The Morgan fingerprint density at radius 1 is 1.17 bits per heavy atom. The van der Waals surface area contributed by atoms with Gasteiger partial charge < -0.3 is 40.1 Å². The van der Waals surface area contributed by atoms with Gasteiger partial charge in [0, 0.05) is 25.2 Å². The number of benzene rings is 2. The molecule has 3 aromatic rings. The number of carbonyl (C=O) groups excluding carboxylic acids is 3. The molecule has 0 spiro atoms. The van der Waals surface area contributed by atoms with Gasteiger partial charge in [0.1, 0.15) is 23.3 Å². The highest BCUT2D eigenvalue weighted by Crippen LogP contribution is 2.35. The smallest absolute Gasteiger partial charge is 0.323 e. The second-order valence-corrected chi connectivity index (χ2v) is 10.4. The summed E-state index contributed by atoms with van der Waals surface area (Å²) >= 11 is 0. The molecule has 13 heteroatoms. The molecule has 0 aliphatic carbocycles. The van der Waals surface area contributed by atoms with Gasteiger partial charge in [-0.25, -0.2) is 14.0 Å². The third kappa shape index (κ3) is 6.79. The Hall–Kier alpha value is -4.65. The largest absolute Gasteiger partial charge is 0.485 e. The number of aliphatic hydroxyl groups is 1. The number of aliphatic hydroxyl groups excluding tert-OH is 1. The summed E-state index contributed by atoms with van der Waals surface area (Å²) < 4.78 is 24.8. The van der Waals surface area contributed by atoms with Crippen LogP contribution < -0.4 is 20.7 Å². The van der Waals surface area contributed by atoms with E-state index < -0.39 is 30.0 Å². The number of para-hydroxylation sites is 1. The number of urea groups is 2. The molecule has 0 fully saturated rings. The van der Waals surface area contributed by atoms with Gasteiger partial charge in [-0.05, 0) is 57.2 Å². The Balaban J connectivity index is 1.62. The molecule has 42 heavy (non-hydrogen) atoms. The van der Waals surface area contributed by atoms with Crippen LogP contribution in [0.5, 0.6) is 5.75 Å². The zero-order valence-corrected chi connectivity index (χ0v) is 24.1. The van der Waals surface area contributed by atoms with Gasteiger partial charge in [0.05, 0.1) is 30.4 Å². The van der Waals surface area contributed by atoms with Gasteiger partial charge in [0.2, 0.25) is 0 Å². The van der Waals surface area contributed by atoms with E-state index in [1.165, 1.54) is 29.2 Å². The molecule has 0 unspecified atom stereocenters. The average Bonchev–Trinajstić information content (AvgIpc) is 3.27. The van der Waals surface area contributed by atoms with E-state index in [9.17, 15) is 23.9 Å². The molecule has 0 saturated heterocycles. The third-order valence-corrected chi connectivity index (χ3v) is 7.11. The molecule has 1 aliphatic rings. The first kappa shape index (κ1) is 30.3. The summed E-state index contributed by atoms with van der Waals surface area (Å²) in [4.78, 5) is 42.6. The molecule has 2 aromatic carbocycles. The maximum Gasteiger partial charge on any atom is 0.323 e. The van der Waals surface area contributed by atoms with Crippen molar-refractivity contribution in [2.45, 2.75) is 39.8 Å². The fourth-order valence-electron chi connectivity index (χ4n) is 4.59. The van der Waals surface area contributed by atoms with Crippen molar-refractivity contribution in [3.05, 3.63) is 65.3 Å². The van der Waals surface area contributed by atoms with Gasteiger partial charge in [0.15, 0.2) is 11.5 Å². The van der Waals surface area contributed by atoms with Crippen molar-refractivity contribution in [1.29, 1.82) is 0 Å². The molecule has 4 rings (SSSR count). The number of aryl methyl sites for hydroxylation is 2. The van der Waals surface area contributed by atoms with Crippen LogP contribution in [-0.2, 0) is 0 Å². The molecule has 3 atom stereocenters. The number of nitrogens with zero attached hydrogens (tertiary/aromatic N) is 3. The number of amides is 5. The SMILES string of the molecule is Cc1noc(C)c1NC(=O)Nc1cccc2c1O[C@@H](CN(C)C(=O)Nc1ccc(F)cc1)[C@@H](C)CN([C@H](C)CO)C2=O. The fraction of sp³-hybridized carbons (Fsp3) is 0.379. The number of nitrogens with one attached hydrogen (secondary N) is 3. The van der Waals surface area contributed by atoms with Crippen LogP contribution in [0.25, 0.3) is 0 Å². The molecule has 4 N–H and O–H groups in total. The zero-order valence-electron chi connectivity index (χ0n) is 24.1. The number of likely N-dealkylation sites (N-methyl/N-ethyl adjacent to an activating group) is 1. The van der Waals surface area contributed by atoms with Crippen LogP contribution in [0.2, 0.25) is 0 Å². The Bertz CT molecular complexity index is 1430. The minimum absolute atomic E-state index is 0.114. The number of rotatable bonds is 7. The predicted octanol–water partition coefficient (Wildman–Crippen LogP) is 4.46. The van der Waals surface area contributed by atoms with E-state index in [1.54, 1.807) is 50.9 Å². The van der Waals surface area contributed by atoms with E-state index >= 15 is 0 Å². The predicted molar refractivity (Wildman–Crippen MR) is 154 cm³/mol. The van der Waals surface area contributed by atoms with Crippen molar-refractivity contribution in [3.63, 3.8) is 0 Å². The maximum absolute atomic E-state index is 13.7. The monoisotopic (exact) mass is 582 g/mol. The van der Waals surface area contributed by atoms with Crippen molar-refractivity contribution in [3.8, 4) is 5.75 Å². The first-order chi connectivity index (χ1) is 20.0. The number of anilines is 3. The number of hydrogen-bond donors (Lipinski definition) is 4. The lowest BCUT2D eigenvalue weighted by Gasteiger charge is -2.38. The van der Waals surface area contributed by atoms with E-state index in [0.717, 1.165) is 0 Å². The zero-order chi connectivity index (χ0) is 30.6. The van der Waals surface area contributed by atoms with Gasteiger partial charge in [-0.1, -0.05) is 18.1 Å². The van der Waals surface area contributed by atoms with E-state index in [2.05, 4.69) is 21.1 Å². The lowest BCUT2D eigenvalue weighted by atomic mass is 9.99. The summed E-state index contributed by atoms with van der Waals surface area (Å²) in [7, 11) is 1.59. The van der Waals surface area contributed by atoms with Crippen molar-refractivity contribution >= 4 is 35.0 Å². The summed E-state index contributed by atoms with van der Waals surface area (Å²) in [5.41, 5.74) is 1.78. The minimum Gasteiger partial charge on any atom is -0.485 e. The molecule has 12 nitrogen and oxygen atoms in total. The Morgan fingerprint density at radius 3 is 2.52 bits per heavy atom. The number of aromatic nitrogens is 1. The lowest BCUT2D eigenvalue weighted by Crippen LogP contribution is -2.50. The first-order valence-electron chi connectivity index (χ1n) is 13.5. The Labute approximate surface area is 242 Å². The number of ether oxygens (including phenoxy) is 1. The Kier molecular flexibility index (Phi) is 9.31. The van der Waals surface area contributed by atoms with Crippen LogP contribution >= 0.6 is 0 Å². The molecule has 5 amide bonds. The van der Waals surface area contributed by atoms with Crippen LogP contribution in [0.4, 0.5) is 31.0 Å². The van der Waals surface area contributed by atoms with Crippen LogP contribution in [0.3, 0.4) is 0 Å². The van der Waals surface area contributed by atoms with E-state index in [-0.39, 0.29) is 48.5 Å². The highest BCUT2D eigenvalue weighted by atomic mass is 19.1. The van der Waals surface area contributed by atoms with E-state index in [0.29, 0.717) is 22.8 Å². The van der Waals surface area contributed by atoms with Gasteiger partial charge in [-0.2, -0.15) is 0 Å². The fourth-order valence-corrected chi connectivity index (χ4v) is 4.59. The Morgan fingerprint density at radius 2 is 1.88 bits per heavy atom. The quantitative estimate of drug-likeness (QED) is 0.321. The summed E-state index contributed by atoms with van der Waals surface area (Å²) in [6.45, 7) is 7.09. The molecular weight excluding hydrogens is 547 g/mol. The maximum atomic E-state index is 13.7. The van der Waals surface area contributed by atoms with Crippen LogP contribution in [0.1, 0.15) is 35.7 Å². The number of hydrogen-bond acceptors (Lipinski definition) is 7. The lowest BCUT2D eigenvalue weighted by molar-refractivity contribution is 0.0373. The summed E-state index contributed by atoms with van der Waals surface area (Å²) in [5.74, 6) is -0.509. The molecule has 1 aliphatic heterocycles. The van der Waals surface area contributed by atoms with Crippen LogP contribution in [0.15, 0.2) is 47.0 Å². The standard InChI is InChI=1S/C29H35FN6O6/c1-16-13-36(17(2)15-37)27(38)22-7-6-8-23(32-28(39)33-25-18(3)34-42-19(25)4)26(22)41-24(16)14-35(5)29(40)31-21-11-9-20(30)10-12-21/h6-12,16-17,24,37H,13-15H2,1-5H3,(H,31,40)(H2,32,33,39)/t16-,17+,24-/m0/s1. The van der Waals surface area contributed by atoms with Crippen LogP contribution in [0, 0.1) is 25.6 Å². The van der Waals surface area contributed by atoms with Gasteiger partial charge in [-0.15, -0.1) is 0 Å². The summed E-state index contributed by atoms with van der Waals surface area (Å²) in [6.07, 6.45) is -0.622. The first-order valence-corrected chi connectivity index (χ1v) is 13.5. The number of halogens is 1. The van der Waals surface area contributed by atoms with Gasteiger partial charge in [0.25, 0.3) is 5.91 Å². The molecule has 0 bridgehead atoms. The normalized spacial score (nSPS) is 17.3. The second-order valence-electron chi connectivity index (χ2n) is 10.4. The number of fused-ring (bicyclic) bond motifs is 1. The molecule has 2 heterocycles. The van der Waals surface area contributed by atoms with Crippen molar-refractivity contribution in [1.82, 2.24) is 15.0 Å². The molecule has 224 valence electrons.